The zero-order valence-corrected chi connectivity index (χ0v) is 14.9. The Kier molecular flexibility index (Phi) is 6.08. The molecule has 1 unspecified atom stereocenters. The Bertz CT molecular complexity index is 683. The van der Waals surface area contributed by atoms with Gasteiger partial charge in [-0.3, -0.25) is 4.79 Å². The number of nitrogens with one attached hydrogen (secondary N) is 1. The third-order valence-corrected chi connectivity index (χ3v) is 4.35. The van der Waals surface area contributed by atoms with E-state index >= 15 is 0 Å². The Labute approximate surface area is 146 Å². The maximum atomic E-state index is 12.5. The van der Waals surface area contributed by atoms with Crippen LogP contribution in [0.3, 0.4) is 0 Å². The molecule has 0 spiro atoms. The van der Waals surface area contributed by atoms with Gasteiger partial charge < -0.3 is 9.84 Å². The third-order valence-electron chi connectivity index (χ3n) is 3.61. The summed E-state index contributed by atoms with van der Waals surface area (Å²) in [4.78, 5) is 12.5. The van der Waals surface area contributed by atoms with E-state index in [-0.39, 0.29) is 17.7 Å². The van der Waals surface area contributed by atoms with E-state index < -0.39 is 0 Å². The maximum Gasteiger partial charge on any atom is 0.227 e. The molecule has 0 aliphatic heterocycles. The Morgan fingerprint density at radius 2 is 2.00 bits per heavy atom. The predicted octanol–water partition coefficient (Wildman–Crippen LogP) is 4.39. The van der Waals surface area contributed by atoms with Crippen LogP contribution < -0.4 is 5.32 Å². The molecule has 1 atom stereocenters. The van der Waals surface area contributed by atoms with Gasteiger partial charge in [0.1, 0.15) is 5.76 Å². The minimum atomic E-state index is -0.274. The highest BCUT2D eigenvalue weighted by atomic mass is 35.5. The molecule has 2 aromatic rings. The van der Waals surface area contributed by atoms with Gasteiger partial charge in [0.2, 0.25) is 5.91 Å². The van der Waals surface area contributed by atoms with Crippen molar-refractivity contribution in [1.82, 2.24) is 10.5 Å². The van der Waals surface area contributed by atoms with Crippen LogP contribution >= 0.6 is 23.2 Å². The monoisotopic (exact) mass is 354 g/mol. The second-order valence-corrected chi connectivity index (χ2v) is 6.68. The van der Waals surface area contributed by atoms with E-state index in [0.717, 1.165) is 17.0 Å². The van der Waals surface area contributed by atoms with Crippen molar-refractivity contribution in [2.75, 3.05) is 6.54 Å². The van der Waals surface area contributed by atoms with Crippen molar-refractivity contribution in [3.8, 4) is 0 Å². The van der Waals surface area contributed by atoms with Gasteiger partial charge in [0.25, 0.3) is 0 Å². The summed E-state index contributed by atoms with van der Waals surface area (Å²) >= 11 is 12.0. The minimum absolute atomic E-state index is 0.0291. The van der Waals surface area contributed by atoms with E-state index in [1.54, 1.807) is 12.1 Å². The van der Waals surface area contributed by atoms with Gasteiger partial charge in [-0.05, 0) is 30.5 Å². The number of carbonyl (C=O) groups excluding carboxylic acids is 1. The molecular weight excluding hydrogens is 335 g/mol. The zero-order chi connectivity index (χ0) is 17.0. The summed E-state index contributed by atoms with van der Waals surface area (Å²) in [6.07, 6.45) is 0.634. The molecule has 0 aliphatic carbocycles. The molecule has 0 saturated carbocycles. The first-order chi connectivity index (χ1) is 10.9. The van der Waals surface area contributed by atoms with Crippen molar-refractivity contribution in [3.63, 3.8) is 0 Å². The van der Waals surface area contributed by atoms with Crippen LogP contribution in [-0.4, -0.2) is 17.6 Å². The van der Waals surface area contributed by atoms with Crippen LogP contribution in [0.2, 0.25) is 10.0 Å². The van der Waals surface area contributed by atoms with Crippen molar-refractivity contribution in [2.24, 2.45) is 5.92 Å². The number of hydrogen-bond donors (Lipinski definition) is 1. The maximum absolute atomic E-state index is 12.5. The average Bonchev–Trinajstić information content (AvgIpc) is 2.88. The highest BCUT2D eigenvalue weighted by Crippen LogP contribution is 2.30. The van der Waals surface area contributed by atoms with E-state index in [1.165, 1.54) is 0 Å². The summed E-state index contributed by atoms with van der Waals surface area (Å²) in [5.41, 5.74) is 1.70. The van der Waals surface area contributed by atoms with Crippen molar-refractivity contribution < 1.29 is 9.32 Å². The molecule has 23 heavy (non-hydrogen) atoms. The number of aromatic nitrogens is 1. The third kappa shape index (κ3) is 4.72. The van der Waals surface area contributed by atoms with Crippen molar-refractivity contribution in [1.29, 1.82) is 0 Å². The van der Waals surface area contributed by atoms with E-state index in [9.17, 15) is 4.79 Å². The van der Waals surface area contributed by atoms with E-state index in [2.05, 4.69) is 10.5 Å². The molecule has 1 heterocycles. The number of hydrogen-bond acceptors (Lipinski definition) is 3. The van der Waals surface area contributed by atoms with Gasteiger partial charge in [-0.25, -0.2) is 0 Å². The van der Waals surface area contributed by atoms with Gasteiger partial charge in [-0.15, -0.1) is 0 Å². The lowest BCUT2D eigenvalue weighted by molar-refractivity contribution is -0.123. The molecule has 1 aromatic carbocycles. The second-order valence-electron chi connectivity index (χ2n) is 5.87. The van der Waals surface area contributed by atoms with Crippen LogP contribution in [0.15, 0.2) is 28.8 Å². The molecule has 0 bridgehead atoms. The Balaban J connectivity index is 2.02. The highest BCUT2D eigenvalue weighted by molar-refractivity contribution is 6.42. The molecule has 4 nitrogen and oxygen atoms in total. The van der Waals surface area contributed by atoms with Gasteiger partial charge >= 0.3 is 0 Å². The molecule has 1 aromatic heterocycles. The summed E-state index contributed by atoms with van der Waals surface area (Å²) in [6.45, 7) is 6.37. The average molecular weight is 355 g/mol. The molecule has 2 rings (SSSR count). The number of rotatable bonds is 6. The summed E-state index contributed by atoms with van der Waals surface area (Å²) in [5.74, 6) is 0.603. The van der Waals surface area contributed by atoms with Crippen LogP contribution in [0.4, 0.5) is 0 Å². The van der Waals surface area contributed by atoms with E-state index in [1.807, 2.05) is 32.9 Å². The first kappa shape index (κ1) is 17.8. The van der Waals surface area contributed by atoms with Crippen molar-refractivity contribution >= 4 is 29.1 Å². The smallest absolute Gasteiger partial charge is 0.227 e. The van der Waals surface area contributed by atoms with Crippen LogP contribution in [0.1, 0.15) is 36.8 Å². The Morgan fingerprint density at radius 1 is 1.26 bits per heavy atom. The van der Waals surface area contributed by atoms with Crippen molar-refractivity contribution in [2.45, 2.75) is 33.1 Å². The summed E-state index contributed by atoms with van der Waals surface area (Å²) in [6, 6.07) is 7.19. The van der Waals surface area contributed by atoms with Gasteiger partial charge in [-0.1, -0.05) is 48.3 Å². The second kappa shape index (κ2) is 7.84. The van der Waals surface area contributed by atoms with Crippen LogP contribution in [0.25, 0.3) is 0 Å². The summed E-state index contributed by atoms with van der Waals surface area (Å²) < 4.78 is 5.01. The van der Waals surface area contributed by atoms with Gasteiger partial charge in [0.05, 0.1) is 21.7 Å². The number of amides is 1. The van der Waals surface area contributed by atoms with Gasteiger partial charge in [0, 0.05) is 19.0 Å². The minimum Gasteiger partial charge on any atom is -0.361 e. The SMILES string of the molecule is Cc1cc(CCNC(=O)C(c2ccc(Cl)c(Cl)c2)C(C)C)no1. The highest BCUT2D eigenvalue weighted by Gasteiger charge is 2.24. The number of carbonyl (C=O) groups is 1. The molecular formula is C17H20Cl2N2O2. The molecule has 6 heteroatoms. The number of halogens is 2. The molecule has 124 valence electrons. The summed E-state index contributed by atoms with van der Waals surface area (Å²) in [7, 11) is 0. The fraction of sp³-hybridized carbons (Fsp3) is 0.412. The first-order valence-electron chi connectivity index (χ1n) is 7.53. The molecule has 0 radical (unpaired) electrons. The Morgan fingerprint density at radius 3 is 2.57 bits per heavy atom. The lowest BCUT2D eigenvalue weighted by Crippen LogP contribution is -2.33. The normalized spacial score (nSPS) is 12.4. The standard InChI is InChI=1S/C17H20Cl2N2O2/c1-10(2)16(12-4-5-14(18)15(19)9-12)17(22)20-7-6-13-8-11(3)23-21-13/h4-5,8-10,16H,6-7H2,1-3H3,(H,20,22). The molecule has 1 amide bonds. The zero-order valence-electron chi connectivity index (χ0n) is 13.4. The lowest BCUT2D eigenvalue weighted by atomic mass is 9.87. The number of benzene rings is 1. The molecule has 0 saturated heterocycles. The lowest BCUT2D eigenvalue weighted by Gasteiger charge is -2.21. The first-order valence-corrected chi connectivity index (χ1v) is 8.29. The largest absolute Gasteiger partial charge is 0.361 e. The molecule has 0 aliphatic rings. The van der Waals surface area contributed by atoms with E-state index in [4.69, 9.17) is 27.7 Å². The fourth-order valence-corrected chi connectivity index (χ4v) is 2.81. The fourth-order valence-electron chi connectivity index (χ4n) is 2.50. The van der Waals surface area contributed by atoms with Gasteiger partial charge in [0.15, 0.2) is 0 Å². The Hall–Kier alpha value is -1.52. The van der Waals surface area contributed by atoms with Crippen LogP contribution in [-0.2, 0) is 11.2 Å². The molecule has 0 fully saturated rings. The number of aryl methyl sites for hydroxylation is 1. The topological polar surface area (TPSA) is 55.1 Å². The quantitative estimate of drug-likeness (QED) is 0.836. The number of nitrogens with zero attached hydrogens (tertiary/aromatic N) is 1. The van der Waals surface area contributed by atoms with Crippen molar-refractivity contribution in [3.05, 3.63) is 51.3 Å². The summed E-state index contributed by atoms with van der Waals surface area (Å²) in [5, 5.41) is 7.82. The van der Waals surface area contributed by atoms with Gasteiger partial charge in [-0.2, -0.15) is 0 Å². The van der Waals surface area contributed by atoms with Crippen LogP contribution in [0.5, 0.6) is 0 Å². The van der Waals surface area contributed by atoms with Crippen LogP contribution in [0, 0.1) is 12.8 Å². The van der Waals surface area contributed by atoms with E-state index in [0.29, 0.717) is 23.0 Å². The predicted molar refractivity (Wildman–Crippen MR) is 92.0 cm³/mol. The molecule has 1 N–H and O–H groups in total.